The zero-order valence-electron chi connectivity index (χ0n) is 8.42. The van der Waals surface area contributed by atoms with E-state index in [0.717, 1.165) is 6.08 Å². The largest absolute Gasteiger partial charge is 0.477 e. The minimum atomic E-state index is -3.91. The fourth-order valence-electron chi connectivity index (χ4n) is 1.53. The van der Waals surface area contributed by atoms with Gasteiger partial charge in [-0.25, -0.2) is 13.2 Å². The van der Waals surface area contributed by atoms with E-state index in [1.807, 2.05) is 0 Å². The first-order chi connectivity index (χ1) is 7.94. The number of halogens is 1. The van der Waals surface area contributed by atoms with Gasteiger partial charge in [-0.3, -0.25) is 0 Å². The van der Waals surface area contributed by atoms with Gasteiger partial charge in [-0.1, -0.05) is 34.1 Å². The minimum Gasteiger partial charge on any atom is -0.477 e. The molecule has 0 spiro atoms. The minimum absolute atomic E-state index is 0.00220. The molecular weight excluding hydrogens is 308 g/mol. The molecule has 0 aromatic heterocycles. The molecule has 2 rings (SSSR count). The highest BCUT2D eigenvalue weighted by Crippen LogP contribution is 2.35. The molecule has 4 nitrogen and oxygen atoms in total. The molecule has 0 bridgehead atoms. The van der Waals surface area contributed by atoms with Gasteiger partial charge in [0.25, 0.3) is 0 Å². The molecule has 6 heteroatoms. The van der Waals surface area contributed by atoms with Gasteiger partial charge in [-0.2, -0.15) is 0 Å². The van der Waals surface area contributed by atoms with Crippen LogP contribution in [0.25, 0.3) is 4.91 Å². The Morgan fingerprint density at radius 2 is 1.82 bits per heavy atom. The van der Waals surface area contributed by atoms with E-state index in [0.29, 0.717) is 10.0 Å². The lowest BCUT2D eigenvalue weighted by atomic mass is 10.2. The van der Waals surface area contributed by atoms with Gasteiger partial charge in [0.05, 0.1) is 4.91 Å². The smallest absolute Gasteiger partial charge is 0.347 e. The van der Waals surface area contributed by atoms with Crippen LogP contribution >= 0.6 is 15.9 Å². The first kappa shape index (κ1) is 12.1. The maximum Gasteiger partial charge on any atom is 0.347 e. The Labute approximate surface area is 106 Å². The number of rotatable bonds is 2. The monoisotopic (exact) mass is 314 g/mol. The molecule has 0 saturated heterocycles. The van der Waals surface area contributed by atoms with Crippen LogP contribution in [0.4, 0.5) is 0 Å². The zero-order valence-corrected chi connectivity index (χ0v) is 10.8. The lowest BCUT2D eigenvalue weighted by Gasteiger charge is -2.06. The molecule has 0 aliphatic carbocycles. The molecule has 1 aromatic rings. The summed E-state index contributed by atoms with van der Waals surface area (Å²) in [6.07, 6.45) is 2.41. The Hall–Kier alpha value is -1.40. The van der Waals surface area contributed by atoms with Gasteiger partial charge in [0.2, 0.25) is 9.84 Å². The van der Waals surface area contributed by atoms with Crippen molar-refractivity contribution in [2.75, 3.05) is 0 Å². The lowest BCUT2D eigenvalue weighted by Crippen LogP contribution is -2.11. The molecule has 1 heterocycles. The van der Waals surface area contributed by atoms with Gasteiger partial charge in [0.1, 0.15) is 0 Å². The van der Waals surface area contributed by atoms with Crippen molar-refractivity contribution < 1.29 is 18.3 Å². The highest BCUT2D eigenvalue weighted by molar-refractivity contribution is 9.10. The number of hydrogen-bond donors (Lipinski definition) is 1. The normalized spacial score (nSPS) is 17.5. The fraction of sp³-hybridized carbons (Fsp3) is 0. The second-order valence-corrected chi connectivity index (χ2v) is 6.09. The number of sulfone groups is 1. The van der Waals surface area contributed by atoms with E-state index in [-0.39, 0.29) is 4.91 Å². The van der Waals surface area contributed by atoms with Crippen LogP contribution in [-0.4, -0.2) is 19.5 Å². The molecule has 0 amide bonds. The third-order valence-corrected chi connectivity index (χ3v) is 4.83. The fourth-order valence-corrected chi connectivity index (χ4v) is 3.59. The lowest BCUT2D eigenvalue weighted by molar-refractivity contribution is -0.131. The Morgan fingerprint density at radius 1 is 1.18 bits per heavy atom. The Kier molecular flexibility index (Phi) is 2.92. The van der Waals surface area contributed by atoms with Gasteiger partial charge >= 0.3 is 5.97 Å². The third kappa shape index (κ3) is 1.94. The van der Waals surface area contributed by atoms with Crippen molar-refractivity contribution in [3.05, 3.63) is 51.4 Å². The SMILES string of the molecule is O=C(O)C1=CC=C(c2ccccc2Br)S1(=O)=O. The number of benzene rings is 1. The van der Waals surface area contributed by atoms with Crippen molar-refractivity contribution in [1.82, 2.24) is 0 Å². The quantitative estimate of drug-likeness (QED) is 0.908. The molecule has 88 valence electrons. The molecular formula is C11H7BrO4S. The molecule has 1 aliphatic rings. The van der Waals surface area contributed by atoms with Crippen molar-refractivity contribution in [2.24, 2.45) is 0 Å². The standard InChI is InChI=1S/C11H7BrO4S/c12-8-4-2-1-3-7(8)9-5-6-10(11(13)14)17(9,15)16/h1-6H,(H,13,14). The average molecular weight is 315 g/mol. The van der Waals surface area contributed by atoms with Gasteiger partial charge in [0.15, 0.2) is 4.91 Å². The van der Waals surface area contributed by atoms with Crippen LogP contribution in [0, 0.1) is 0 Å². The van der Waals surface area contributed by atoms with Gasteiger partial charge in [-0.05, 0) is 18.2 Å². The summed E-state index contributed by atoms with van der Waals surface area (Å²) >= 11 is 3.24. The first-order valence-corrected chi connectivity index (χ1v) is 6.87. The third-order valence-electron chi connectivity index (χ3n) is 2.32. The Morgan fingerprint density at radius 3 is 2.35 bits per heavy atom. The summed E-state index contributed by atoms with van der Waals surface area (Å²) in [5, 5.41) is 8.79. The zero-order chi connectivity index (χ0) is 12.6. The van der Waals surface area contributed by atoms with Crippen LogP contribution in [0.3, 0.4) is 0 Å². The Balaban J connectivity index is 2.55. The van der Waals surface area contributed by atoms with E-state index in [9.17, 15) is 13.2 Å². The molecule has 0 atom stereocenters. The molecule has 0 fully saturated rings. The topological polar surface area (TPSA) is 71.4 Å². The number of carbonyl (C=O) groups is 1. The van der Waals surface area contributed by atoms with Crippen LogP contribution in [0.5, 0.6) is 0 Å². The van der Waals surface area contributed by atoms with E-state index in [1.165, 1.54) is 6.08 Å². The summed E-state index contributed by atoms with van der Waals surface area (Å²) < 4.78 is 24.5. The average Bonchev–Trinajstić information content (AvgIpc) is 2.54. The number of aliphatic carboxylic acids is 1. The van der Waals surface area contributed by atoms with Gasteiger partial charge in [-0.15, -0.1) is 0 Å². The molecule has 1 aliphatic heterocycles. The van der Waals surface area contributed by atoms with Crippen molar-refractivity contribution in [1.29, 1.82) is 0 Å². The second kappa shape index (κ2) is 4.12. The van der Waals surface area contributed by atoms with Crippen LogP contribution in [0.2, 0.25) is 0 Å². The highest BCUT2D eigenvalue weighted by atomic mass is 79.9. The predicted octanol–water partition coefficient (Wildman–Crippen LogP) is 2.19. The van der Waals surface area contributed by atoms with E-state index in [1.54, 1.807) is 24.3 Å². The van der Waals surface area contributed by atoms with Crippen molar-refractivity contribution in [3.63, 3.8) is 0 Å². The molecule has 0 radical (unpaired) electrons. The maximum atomic E-state index is 11.9. The van der Waals surface area contributed by atoms with E-state index >= 15 is 0 Å². The van der Waals surface area contributed by atoms with Crippen molar-refractivity contribution in [3.8, 4) is 0 Å². The highest BCUT2D eigenvalue weighted by Gasteiger charge is 2.33. The van der Waals surface area contributed by atoms with E-state index in [2.05, 4.69) is 15.9 Å². The van der Waals surface area contributed by atoms with Gasteiger partial charge in [0, 0.05) is 10.0 Å². The van der Waals surface area contributed by atoms with Gasteiger partial charge < -0.3 is 5.11 Å². The summed E-state index contributed by atoms with van der Waals surface area (Å²) in [5.74, 6) is -1.44. The molecule has 17 heavy (non-hydrogen) atoms. The van der Waals surface area contributed by atoms with Crippen LogP contribution < -0.4 is 0 Å². The van der Waals surface area contributed by atoms with Crippen LogP contribution in [-0.2, 0) is 14.6 Å². The molecule has 1 N–H and O–H groups in total. The Bertz CT molecular complexity index is 656. The first-order valence-electron chi connectivity index (χ1n) is 4.60. The summed E-state index contributed by atoms with van der Waals surface area (Å²) in [6, 6.07) is 6.76. The van der Waals surface area contributed by atoms with Crippen molar-refractivity contribution >= 4 is 36.6 Å². The number of hydrogen-bond acceptors (Lipinski definition) is 3. The molecule has 1 aromatic carbocycles. The van der Waals surface area contributed by atoms with Crippen molar-refractivity contribution in [2.45, 2.75) is 0 Å². The second-order valence-electron chi connectivity index (χ2n) is 3.35. The molecule has 0 saturated carbocycles. The summed E-state index contributed by atoms with van der Waals surface area (Å²) in [7, 11) is -3.91. The summed E-state index contributed by atoms with van der Waals surface area (Å²) in [5.41, 5.74) is 0.458. The number of carboxylic acid groups (broad SMARTS) is 1. The van der Waals surface area contributed by atoms with E-state index in [4.69, 9.17) is 5.11 Å². The van der Waals surface area contributed by atoms with Crippen LogP contribution in [0.1, 0.15) is 5.56 Å². The number of carboxylic acids is 1. The predicted molar refractivity (Wildman–Crippen MR) is 66.8 cm³/mol. The summed E-state index contributed by atoms with van der Waals surface area (Å²) in [6.45, 7) is 0. The van der Waals surface area contributed by atoms with Crippen LogP contribution in [0.15, 0.2) is 45.8 Å². The van der Waals surface area contributed by atoms with E-state index < -0.39 is 20.7 Å². The summed E-state index contributed by atoms with van der Waals surface area (Å²) in [4.78, 5) is 10.2. The maximum absolute atomic E-state index is 11.9. The number of allylic oxidation sites excluding steroid dienone is 2. The molecule has 0 unspecified atom stereocenters.